The predicted octanol–water partition coefficient (Wildman–Crippen LogP) is 3.05. The quantitative estimate of drug-likeness (QED) is 0.682. The van der Waals surface area contributed by atoms with Crippen molar-refractivity contribution in [2.75, 3.05) is 26.9 Å². The van der Waals surface area contributed by atoms with Crippen LogP contribution in [-0.4, -0.2) is 49.7 Å². The Balaban J connectivity index is 1.36. The molecule has 0 spiro atoms. The van der Waals surface area contributed by atoms with Gasteiger partial charge in [-0.2, -0.15) is 0 Å². The molecule has 1 aromatic carbocycles. The Hall–Kier alpha value is -2.48. The van der Waals surface area contributed by atoms with Crippen molar-refractivity contribution >= 4 is 5.97 Å². The van der Waals surface area contributed by atoms with Crippen LogP contribution in [0.4, 0.5) is 0 Å². The van der Waals surface area contributed by atoms with Crippen molar-refractivity contribution in [3.63, 3.8) is 0 Å². The molecule has 1 aromatic heterocycles. The Morgan fingerprint density at radius 3 is 2.61 bits per heavy atom. The minimum atomic E-state index is -1.31. The summed E-state index contributed by atoms with van der Waals surface area (Å²) in [5.74, 6) is -0.819. The number of hydrogen-bond acceptors (Lipinski definition) is 7. The summed E-state index contributed by atoms with van der Waals surface area (Å²) in [6.07, 6.45) is 4.71. The van der Waals surface area contributed by atoms with E-state index >= 15 is 0 Å². The average molecular weight is 427 g/mol. The molecule has 3 heterocycles. The van der Waals surface area contributed by atoms with Crippen LogP contribution in [0.15, 0.2) is 48.7 Å². The highest BCUT2D eigenvalue weighted by atomic mass is 16.7. The third kappa shape index (κ3) is 5.23. The van der Waals surface area contributed by atoms with E-state index in [1.165, 1.54) is 12.7 Å². The second kappa shape index (κ2) is 9.77. The molecule has 4 rings (SSSR count). The maximum Gasteiger partial charge on any atom is 0.366 e. The van der Waals surface area contributed by atoms with Crippen LogP contribution in [-0.2, 0) is 25.4 Å². The molecule has 0 radical (unpaired) electrons. The number of aromatic nitrogens is 1. The standard InChI is InChI=1S/C24H30N2O5/c1-24(23(27)28-2)29-15-18(16-30-24)14-17-8-10-19(11-9-17)31-22(21-7-5-13-26-21)20-6-3-4-12-25-20/h3-4,6,8-12,18,21-22,26H,5,7,13-16H2,1-2H3/t18-,21?,22?,24+. The largest absolute Gasteiger partial charge is 0.482 e. The van der Waals surface area contributed by atoms with E-state index in [0.29, 0.717) is 13.2 Å². The number of carbonyl (C=O) groups is 1. The van der Waals surface area contributed by atoms with Crippen molar-refractivity contribution in [1.82, 2.24) is 10.3 Å². The predicted molar refractivity (Wildman–Crippen MR) is 115 cm³/mol. The molecular weight excluding hydrogens is 396 g/mol. The van der Waals surface area contributed by atoms with Gasteiger partial charge in [0.2, 0.25) is 0 Å². The third-order valence-corrected chi connectivity index (χ3v) is 5.90. The Labute approximate surface area is 183 Å². The first-order valence-electron chi connectivity index (χ1n) is 10.8. The minimum absolute atomic E-state index is 0.120. The zero-order chi connectivity index (χ0) is 21.7. The van der Waals surface area contributed by atoms with Crippen molar-refractivity contribution in [2.24, 2.45) is 5.92 Å². The van der Waals surface area contributed by atoms with E-state index in [9.17, 15) is 4.79 Å². The Morgan fingerprint density at radius 1 is 1.23 bits per heavy atom. The molecule has 0 bridgehead atoms. The summed E-state index contributed by atoms with van der Waals surface area (Å²) in [5, 5.41) is 3.53. The first kappa shape index (κ1) is 21.7. The number of esters is 1. The van der Waals surface area contributed by atoms with Crippen LogP contribution < -0.4 is 10.1 Å². The molecule has 7 nitrogen and oxygen atoms in total. The van der Waals surface area contributed by atoms with Gasteiger partial charge in [0, 0.05) is 25.1 Å². The lowest BCUT2D eigenvalue weighted by molar-refractivity contribution is -0.272. The fraction of sp³-hybridized carbons (Fsp3) is 0.500. The maximum atomic E-state index is 11.8. The summed E-state index contributed by atoms with van der Waals surface area (Å²) in [7, 11) is 1.33. The van der Waals surface area contributed by atoms with Gasteiger partial charge in [0.15, 0.2) is 6.10 Å². The molecule has 7 heteroatoms. The van der Waals surface area contributed by atoms with E-state index < -0.39 is 11.8 Å². The van der Waals surface area contributed by atoms with Crippen LogP contribution in [0.3, 0.4) is 0 Å². The molecule has 2 saturated heterocycles. The van der Waals surface area contributed by atoms with Gasteiger partial charge in [-0.3, -0.25) is 4.98 Å². The van der Waals surface area contributed by atoms with E-state index in [0.717, 1.165) is 37.3 Å². The fourth-order valence-corrected chi connectivity index (χ4v) is 4.11. The van der Waals surface area contributed by atoms with Crippen molar-refractivity contribution < 1.29 is 23.7 Å². The van der Waals surface area contributed by atoms with Crippen LogP contribution >= 0.6 is 0 Å². The average Bonchev–Trinajstić information content (AvgIpc) is 3.35. The van der Waals surface area contributed by atoms with Gasteiger partial charge in [0.1, 0.15) is 5.75 Å². The van der Waals surface area contributed by atoms with Crippen LogP contribution in [0.1, 0.15) is 37.1 Å². The van der Waals surface area contributed by atoms with Gasteiger partial charge in [-0.1, -0.05) is 18.2 Å². The minimum Gasteiger partial charge on any atom is -0.482 e. The summed E-state index contributed by atoms with van der Waals surface area (Å²) in [4.78, 5) is 16.3. The van der Waals surface area contributed by atoms with Gasteiger partial charge in [0.05, 0.1) is 26.0 Å². The van der Waals surface area contributed by atoms with Crippen molar-refractivity contribution in [2.45, 2.75) is 44.1 Å². The zero-order valence-electron chi connectivity index (χ0n) is 18.1. The number of rotatable bonds is 7. The van der Waals surface area contributed by atoms with E-state index in [4.69, 9.17) is 18.9 Å². The second-order valence-corrected chi connectivity index (χ2v) is 8.27. The molecule has 2 unspecified atom stereocenters. The highest BCUT2D eigenvalue weighted by Gasteiger charge is 2.41. The smallest absolute Gasteiger partial charge is 0.366 e. The number of hydrogen-bond donors (Lipinski definition) is 1. The lowest BCUT2D eigenvalue weighted by atomic mass is 9.99. The molecule has 0 saturated carbocycles. The van der Waals surface area contributed by atoms with E-state index in [-0.39, 0.29) is 18.1 Å². The molecule has 1 N–H and O–H groups in total. The molecule has 166 valence electrons. The monoisotopic (exact) mass is 426 g/mol. The molecule has 31 heavy (non-hydrogen) atoms. The van der Waals surface area contributed by atoms with E-state index in [2.05, 4.69) is 22.4 Å². The van der Waals surface area contributed by atoms with Gasteiger partial charge < -0.3 is 24.3 Å². The zero-order valence-corrected chi connectivity index (χ0v) is 18.1. The maximum absolute atomic E-state index is 11.8. The Kier molecular flexibility index (Phi) is 6.85. The topological polar surface area (TPSA) is 78.9 Å². The van der Waals surface area contributed by atoms with Gasteiger partial charge >= 0.3 is 5.97 Å². The number of ether oxygens (including phenoxy) is 4. The molecule has 2 atom stereocenters. The van der Waals surface area contributed by atoms with Crippen molar-refractivity contribution in [3.05, 3.63) is 59.9 Å². The van der Waals surface area contributed by atoms with Gasteiger partial charge in [0.25, 0.3) is 5.79 Å². The first-order chi connectivity index (χ1) is 15.1. The van der Waals surface area contributed by atoms with Crippen molar-refractivity contribution in [1.29, 1.82) is 0 Å². The molecular formula is C24H30N2O5. The van der Waals surface area contributed by atoms with Crippen LogP contribution in [0.5, 0.6) is 5.75 Å². The summed E-state index contributed by atoms with van der Waals surface area (Å²) < 4.78 is 22.4. The number of carbonyl (C=O) groups excluding carboxylic acids is 1. The first-order valence-corrected chi connectivity index (χ1v) is 10.8. The van der Waals surface area contributed by atoms with E-state index in [1.54, 1.807) is 6.92 Å². The molecule has 2 fully saturated rings. The molecule has 2 aliphatic heterocycles. The lowest BCUT2D eigenvalue weighted by Crippen LogP contribution is -2.48. The summed E-state index contributed by atoms with van der Waals surface area (Å²) >= 11 is 0. The second-order valence-electron chi connectivity index (χ2n) is 8.27. The molecule has 2 aliphatic rings. The van der Waals surface area contributed by atoms with Crippen LogP contribution in [0.25, 0.3) is 0 Å². The number of benzene rings is 1. The third-order valence-electron chi connectivity index (χ3n) is 5.90. The highest BCUT2D eigenvalue weighted by Crippen LogP contribution is 2.29. The number of pyridine rings is 1. The summed E-state index contributed by atoms with van der Waals surface area (Å²) in [6.45, 7) is 3.49. The summed E-state index contributed by atoms with van der Waals surface area (Å²) in [6, 6.07) is 14.3. The lowest BCUT2D eigenvalue weighted by Gasteiger charge is -2.35. The fourth-order valence-electron chi connectivity index (χ4n) is 4.11. The molecule has 0 amide bonds. The van der Waals surface area contributed by atoms with Crippen LogP contribution in [0.2, 0.25) is 0 Å². The molecule has 0 aliphatic carbocycles. The van der Waals surface area contributed by atoms with Crippen LogP contribution in [0, 0.1) is 5.92 Å². The molecule has 2 aromatic rings. The number of nitrogens with one attached hydrogen (secondary N) is 1. The Morgan fingerprint density at radius 2 is 2.00 bits per heavy atom. The number of nitrogens with zero attached hydrogens (tertiary/aromatic N) is 1. The van der Waals surface area contributed by atoms with E-state index in [1.807, 2.05) is 36.5 Å². The van der Waals surface area contributed by atoms with Crippen molar-refractivity contribution in [3.8, 4) is 5.75 Å². The Bertz CT molecular complexity index is 844. The SMILES string of the molecule is COC(=O)[C@]1(C)OC[C@H](Cc2ccc(OC(c3ccccn3)C3CCCN3)cc2)CO1. The van der Waals surface area contributed by atoms with Gasteiger partial charge in [-0.25, -0.2) is 4.79 Å². The number of methoxy groups -OCH3 is 1. The normalized spacial score (nSPS) is 26.9. The summed E-state index contributed by atoms with van der Waals surface area (Å²) in [5.41, 5.74) is 2.11. The van der Waals surface area contributed by atoms with Gasteiger partial charge in [-0.05, 0) is 55.6 Å². The van der Waals surface area contributed by atoms with Gasteiger partial charge in [-0.15, -0.1) is 0 Å². The highest BCUT2D eigenvalue weighted by molar-refractivity contribution is 5.77.